The molecule has 3 aromatic rings. The third-order valence-electron chi connectivity index (χ3n) is 3.99. The molecule has 0 aliphatic rings. The van der Waals surface area contributed by atoms with E-state index in [1.54, 1.807) is 0 Å². The summed E-state index contributed by atoms with van der Waals surface area (Å²) in [5.74, 6) is -1.91. The van der Waals surface area contributed by atoms with Crippen LogP contribution in [0.2, 0.25) is 0 Å². The number of nitrogens with one attached hydrogen (secondary N) is 1. The molecule has 0 fully saturated rings. The van der Waals surface area contributed by atoms with Crippen molar-refractivity contribution in [1.82, 2.24) is 15.1 Å². The molecule has 31 heavy (non-hydrogen) atoms. The predicted octanol–water partition coefficient (Wildman–Crippen LogP) is 2.66. The lowest BCUT2D eigenvalue weighted by atomic mass is 10.1. The first-order chi connectivity index (χ1) is 14.7. The van der Waals surface area contributed by atoms with Gasteiger partial charge < -0.3 is 15.2 Å². The third kappa shape index (κ3) is 5.45. The van der Waals surface area contributed by atoms with Gasteiger partial charge in [-0.25, -0.2) is 4.39 Å². The molecule has 2 aromatic carbocycles. The van der Waals surface area contributed by atoms with Gasteiger partial charge in [0.05, 0.1) is 18.0 Å². The van der Waals surface area contributed by atoms with Gasteiger partial charge in [-0.05, 0) is 48.5 Å². The van der Waals surface area contributed by atoms with E-state index in [4.69, 9.17) is 5.11 Å². The molecule has 0 radical (unpaired) electrons. The fraction of sp³-hybridized carbons (Fsp3) is 0.150. The van der Waals surface area contributed by atoms with Gasteiger partial charge in [0.15, 0.2) is 0 Å². The standard InChI is InChI=1S/C20H15F4N3O4/c21-13-2-1-3-14(10-13)27-19(30)16(18(29)25-8-9-28)11-17(26-27)12-4-6-15(7-5-12)31-20(22,23)24/h1-7,10-11,28H,8-9H2,(H,25,29). The van der Waals surface area contributed by atoms with Gasteiger partial charge in [0, 0.05) is 12.1 Å². The average Bonchev–Trinajstić information content (AvgIpc) is 2.71. The molecule has 0 saturated carbocycles. The van der Waals surface area contributed by atoms with E-state index in [1.165, 1.54) is 24.3 Å². The summed E-state index contributed by atoms with van der Waals surface area (Å²) in [5, 5.41) is 15.4. The topological polar surface area (TPSA) is 93.4 Å². The molecule has 3 rings (SSSR count). The zero-order valence-corrected chi connectivity index (χ0v) is 15.7. The molecule has 0 aliphatic carbocycles. The van der Waals surface area contributed by atoms with E-state index in [9.17, 15) is 27.2 Å². The fourth-order valence-electron chi connectivity index (χ4n) is 2.67. The van der Waals surface area contributed by atoms with Crippen LogP contribution < -0.4 is 15.6 Å². The van der Waals surface area contributed by atoms with Crippen LogP contribution in [0.1, 0.15) is 10.4 Å². The van der Waals surface area contributed by atoms with Crippen molar-refractivity contribution in [3.8, 4) is 22.7 Å². The number of rotatable bonds is 6. The number of aromatic nitrogens is 2. The second-order valence-corrected chi connectivity index (χ2v) is 6.19. The summed E-state index contributed by atoms with van der Waals surface area (Å²) in [7, 11) is 0. The van der Waals surface area contributed by atoms with Crippen molar-refractivity contribution in [1.29, 1.82) is 0 Å². The highest BCUT2D eigenvalue weighted by atomic mass is 19.4. The molecule has 11 heteroatoms. The Morgan fingerprint density at radius 3 is 2.45 bits per heavy atom. The summed E-state index contributed by atoms with van der Waals surface area (Å²) >= 11 is 0. The fourth-order valence-corrected chi connectivity index (χ4v) is 2.67. The molecule has 0 aliphatic heterocycles. The van der Waals surface area contributed by atoms with E-state index in [-0.39, 0.29) is 35.7 Å². The number of aliphatic hydroxyl groups is 1. The van der Waals surface area contributed by atoms with Gasteiger partial charge >= 0.3 is 6.36 Å². The monoisotopic (exact) mass is 437 g/mol. The Labute approximate surface area is 172 Å². The molecule has 1 aromatic heterocycles. The van der Waals surface area contributed by atoms with Crippen LogP contribution in [-0.2, 0) is 0 Å². The van der Waals surface area contributed by atoms with E-state index in [1.807, 2.05) is 0 Å². The van der Waals surface area contributed by atoms with Crippen molar-refractivity contribution in [2.24, 2.45) is 0 Å². The van der Waals surface area contributed by atoms with Crippen LogP contribution in [0.5, 0.6) is 5.75 Å². The molecule has 1 heterocycles. The van der Waals surface area contributed by atoms with Gasteiger partial charge in [0.25, 0.3) is 11.5 Å². The highest BCUT2D eigenvalue weighted by Gasteiger charge is 2.31. The second-order valence-electron chi connectivity index (χ2n) is 6.19. The van der Waals surface area contributed by atoms with Crippen LogP contribution in [0.25, 0.3) is 16.9 Å². The van der Waals surface area contributed by atoms with Gasteiger partial charge in [0.1, 0.15) is 17.1 Å². The van der Waals surface area contributed by atoms with Crippen LogP contribution in [-0.4, -0.2) is 40.3 Å². The number of aliphatic hydroxyl groups excluding tert-OH is 1. The lowest BCUT2D eigenvalue weighted by molar-refractivity contribution is -0.274. The van der Waals surface area contributed by atoms with Crippen LogP contribution in [0, 0.1) is 5.82 Å². The molecule has 0 unspecified atom stereocenters. The smallest absolute Gasteiger partial charge is 0.406 e. The van der Waals surface area contributed by atoms with E-state index >= 15 is 0 Å². The van der Waals surface area contributed by atoms with Crippen LogP contribution in [0.3, 0.4) is 0 Å². The Morgan fingerprint density at radius 1 is 1.13 bits per heavy atom. The maximum absolute atomic E-state index is 13.7. The quantitative estimate of drug-likeness (QED) is 0.579. The molecular formula is C20H15F4N3O4. The van der Waals surface area contributed by atoms with Gasteiger partial charge in [-0.3, -0.25) is 9.59 Å². The summed E-state index contributed by atoms with van der Waals surface area (Å²) in [6, 6.07) is 10.7. The zero-order chi connectivity index (χ0) is 22.6. The minimum atomic E-state index is -4.86. The number of ether oxygens (including phenoxy) is 1. The van der Waals surface area contributed by atoms with E-state index < -0.39 is 29.4 Å². The number of halogens is 4. The largest absolute Gasteiger partial charge is 0.573 e. The molecule has 1 amide bonds. The Morgan fingerprint density at radius 2 is 1.84 bits per heavy atom. The minimum absolute atomic E-state index is 0.0417. The van der Waals surface area contributed by atoms with Gasteiger partial charge in [-0.15, -0.1) is 13.2 Å². The second kappa shape index (κ2) is 8.96. The molecule has 162 valence electrons. The van der Waals surface area contributed by atoms with E-state index in [0.29, 0.717) is 0 Å². The number of carbonyl (C=O) groups excluding carboxylic acids is 1. The van der Waals surface area contributed by atoms with Crippen LogP contribution in [0.15, 0.2) is 59.4 Å². The van der Waals surface area contributed by atoms with Crippen molar-refractivity contribution >= 4 is 5.91 Å². The van der Waals surface area contributed by atoms with Crippen molar-refractivity contribution in [3.05, 3.63) is 76.3 Å². The van der Waals surface area contributed by atoms with Crippen LogP contribution in [0.4, 0.5) is 17.6 Å². The van der Waals surface area contributed by atoms with Gasteiger partial charge in [0.2, 0.25) is 0 Å². The van der Waals surface area contributed by atoms with Crippen molar-refractivity contribution in [2.75, 3.05) is 13.2 Å². The molecule has 0 bridgehead atoms. The first-order valence-corrected chi connectivity index (χ1v) is 8.83. The van der Waals surface area contributed by atoms with Crippen LogP contribution >= 0.6 is 0 Å². The Kier molecular flexibility index (Phi) is 6.35. The summed E-state index contributed by atoms with van der Waals surface area (Å²) in [5.41, 5.74) is -0.812. The van der Waals surface area contributed by atoms with E-state index in [2.05, 4.69) is 15.2 Å². The highest BCUT2D eigenvalue weighted by molar-refractivity contribution is 5.94. The molecule has 7 nitrogen and oxygen atoms in total. The number of amides is 1. The summed E-state index contributed by atoms with van der Waals surface area (Å²) in [6.07, 6.45) is -4.86. The highest BCUT2D eigenvalue weighted by Crippen LogP contribution is 2.26. The average molecular weight is 437 g/mol. The first kappa shape index (κ1) is 22.0. The zero-order valence-electron chi connectivity index (χ0n) is 15.7. The lowest BCUT2D eigenvalue weighted by Crippen LogP contribution is -2.35. The van der Waals surface area contributed by atoms with Gasteiger partial charge in [-0.2, -0.15) is 9.78 Å². The number of benzene rings is 2. The number of carbonyl (C=O) groups is 1. The Balaban J connectivity index is 2.10. The maximum atomic E-state index is 13.7. The van der Waals surface area contributed by atoms with Crippen molar-refractivity contribution in [2.45, 2.75) is 6.36 Å². The third-order valence-corrected chi connectivity index (χ3v) is 3.99. The van der Waals surface area contributed by atoms with Gasteiger partial charge in [-0.1, -0.05) is 6.07 Å². The number of nitrogens with zero attached hydrogens (tertiary/aromatic N) is 2. The lowest BCUT2D eigenvalue weighted by Gasteiger charge is -2.12. The van der Waals surface area contributed by atoms with Crippen molar-refractivity contribution < 1.29 is 32.2 Å². The Hall–Kier alpha value is -3.73. The summed E-state index contributed by atoms with van der Waals surface area (Å²) < 4.78 is 55.4. The minimum Gasteiger partial charge on any atom is -0.406 e. The normalized spacial score (nSPS) is 11.3. The molecular weight excluding hydrogens is 422 g/mol. The summed E-state index contributed by atoms with van der Waals surface area (Å²) in [6.45, 7) is -0.470. The number of hydrogen-bond acceptors (Lipinski definition) is 5. The summed E-state index contributed by atoms with van der Waals surface area (Å²) in [4.78, 5) is 25.2. The number of alkyl halides is 3. The number of hydrogen-bond donors (Lipinski definition) is 2. The van der Waals surface area contributed by atoms with E-state index in [0.717, 1.165) is 35.0 Å². The first-order valence-electron chi connectivity index (χ1n) is 8.83. The molecule has 0 atom stereocenters. The molecule has 0 spiro atoms. The molecule has 0 saturated heterocycles. The SMILES string of the molecule is O=C(NCCO)c1cc(-c2ccc(OC(F)(F)F)cc2)nn(-c2cccc(F)c2)c1=O. The maximum Gasteiger partial charge on any atom is 0.573 e. The molecule has 2 N–H and O–H groups in total. The predicted molar refractivity (Wildman–Crippen MR) is 101 cm³/mol. The van der Waals surface area contributed by atoms with Crippen molar-refractivity contribution in [3.63, 3.8) is 0 Å². The Bertz CT molecular complexity index is 1140.